The number of rotatable bonds is 7. The topological polar surface area (TPSA) is 67.4 Å². The van der Waals surface area contributed by atoms with E-state index in [1.54, 1.807) is 0 Å². The number of hydrogen-bond acceptors (Lipinski definition) is 3. The van der Waals surface area contributed by atoms with Crippen molar-refractivity contribution in [1.29, 1.82) is 0 Å². The minimum atomic E-state index is -3.08. The van der Waals surface area contributed by atoms with Gasteiger partial charge in [0.05, 0.1) is 22.6 Å². The number of carbonyl (C=O) groups excluding carboxylic acids is 2. The maximum absolute atomic E-state index is 12.7. The average molecular weight is 476 g/mol. The zero-order valence-corrected chi connectivity index (χ0v) is 17.4. The number of aryl methyl sites for hydroxylation is 1. The highest BCUT2D eigenvalue weighted by Gasteiger charge is 2.20. The first kappa shape index (κ1) is 22.1. The predicted octanol–water partition coefficient (Wildman–Crippen LogP) is 5.22. The zero-order valence-electron chi connectivity index (χ0n) is 15.1. The van der Waals surface area contributed by atoms with Crippen LogP contribution in [0.1, 0.15) is 30.5 Å². The maximum atomic E-state index is 12.7. The van der Waals surface area contributed by atoms with Gasteiger partial charge in [-0.05, 0) is 40.5 Å². The van der Waals surface area contributed by atoms with E-state index in [2.05, 4.69) is 31.3 Å². The van der Waals surface area contributed by atoms with Crippen molar-refractivity contribution in [3.63, 3.8) is 0 Å². The first-order valence-corrected chi connectivity index (χ1v) is 9.40. The smallest absolute Gasteiger partial charge is 0.387 e. The van der Waals surface area contributed by atoms with Crippen molar-refractivity contribution in [2.45, 2.75) is 32.9 Å². The summed E-state index contributed by atoms with van der Waals surface area (Å²) in [7, 11) is 0. The molecule has 0 radical (unpaired) electrons. The lowest BCUT2D eigenvalue weighted by molar-refractivity contribution is -0.120. The predicted molar refractivity (Wildman–Crippen MR) is 107 cm³/mol. The van der Waals surface area contributed by atoms with Gasteiger partial charge in [-0.1, -0.05) is 41.4 Å². The summed E-state index contributed by atoms with van der Waals surface area (Å²) in [5, 5.41) is 5.46. The molecular formula is C19H18BrClF2N2O3. The molecule has 0 bridgehead atoms. The molecule has 5 nitrogen and oxygen atoms in total. The van der Waals surface area contributed by atoms with Gasteiger partial charge in [-0.2, -0.15) is 8.78 Å². The van der Waals surface area contributed by atoms with Crippen molar-refractivity contribution in [1.82, 2.24) is 5.32 Å². The highest BCUT2D eigenvalue weighted by molar-refractivity contribution is 9.10. The molecule has 9 heteroatoms. The molecule has 1 atom stereocenters. The summed E-state index contributed by atoms with van der Waals surface area (Å²) in [6, 6.07) is 9.45. The molecule has 150 valence electrons. The molecule has 0 heterocycles. The number of nitrogens with one attached hydrogen (secondary N) is 2. The lowest BCUT2D eigenvalue weighted by Crippen LogP contribution is -2.29. The van der Waals surface area contributed by atoms with Crippen molar-refractivity contribution in [3.05, 3.63) is 57.0 Å². The summed E-state index contributed by atoms with van der Waals surface area (Å²) >= 11 is 9.04. The van der Waals surface area contributed by atoms with E-state index in [9.17, 15) is 18.4 Å². The zero-order chi connectivity index (χ0) is 20.8. The van der Waals surface area contributed by atoms with Gasteiger partial charge in [-0.25, -0.2) is 0 Å². The lowest BCUT2D eigenvalue weighted by atomic mass is 10.0. The van der Waals surface area contributed by atoms with E-state index in [4.69, 9.17) is 11.6 Å². The molecule has 0 aliphatic rings. The van der Waals surface area contributed by atoms with Gasteiger partial charge in [0.15, 0.2) is 5.75 Å². The summed E-state index contributed by atoms with van der Waals surface area (Å²) in [6.45, 7) is 0.195. The number of carbonyl (C=O) groups is 2. The number of halogens is 4. The Morgan fingerprint density at radius 1 is 1.21 bits per heavy atom. The van der Waals surface area contributed by atoms with Crippen molar-refractivity contribution in [3.8, 4) is 5.75 Å². The molecule has 0 saturated heterocycles. The average Bonchev–Trinajstić information content (AvgIpc) is 2.57. The summed E-state index contributed by atoms with van der Waals surface area (Å²) in [5.41, 5.74) is 1.77. The molecule has 28 heavy (non-hydrogen) atoms. The van der Waals surface area contributed by atoms with E-state index in [-0.39, 0.29) is 33.3 Å². The second-order valence-electron chi connectivity index (χ2n) is 6.06. The summed E-state index contributed by atoms with van der Waals surface area (Å²) in [6.07, 6.45) is -0.110. The van der Waals surface area contributed by atoms with Crippen molar-refractivity contribution in [2.75, 3.05) is 5.32 Å². The highest BCUT2D eigenvalue weighted by Crippen LogP contribution is 2.37. The minimum absolute atomic E-state index is 0.00449. The van der Waals surface area contributed by atoms with E-state index in [0.29, 0.717) is 0 Å². The second kappa shape index (κ2) is 9.84. The van der Waals surface area contributed by atoms with Gasteiger partial charge in [0, 0.05) is 11.9 Å². The summed E-state index contributed by atoms with van der Waals surface area (Å²) in [5.74, 6) is -1.04. The number of hydrogen-bond donors (Lipinski definition) is 2. The van der Waals surface area contributed by atoms with Crippen molar-refractivity contribution < 1.29 is 23.1 Å². The first-order chi connectivity index (χ1) is 13.2. The maximum Gasteiger partial charge on any atom is 0.387 e. The van der Waals surface area contributed by atoms with Crippen LogP contribution in [0.5, 0.6) is 5.75 Å². The van der Waals surface area contributed by atoms with Crippen LogP contribution in [0.2, 0.25) is 5.02 Å². The van der Waals surface area contributed by atoms with Gasteiger partial charge in [0.25, 0.3) is 0 Å². The van der Waals surface area contributed by atoms with Crippen LogP contribution in [-0.4, -0.2) is 18.4 Å². The van der Waals surface area contributed by atoms with Gasteiger partial charge in [-0.15, -0.1) is 0 Å². The molecule has 0 unspecified atom stereocenters. The molecule has 2 aromatic carbocycles. The highest BCUT2D eigenvalue weighted by atomic mass is 79.9. The molecule has 2 rings (SSSR count). The van der Waals surface area contributed by atoms with E-state index in [0.717, 1.165) is 11.1 Å². The van der Waals surface area contributed by atoms with Gasteiger partial charge in [-0.3, -0.25) is 9.59 Å². The number of ether oxygens (including phenoxy) is 1. The van der Waals surface area contributed by atoms with Crippen LogP contribution >= 0.6 is 27.5 Å². The fourth-order valence-corrected chi connectivity index (χ4v) is 3.45. The molecule has 0 aliphatic carbocycles. The van der Waals surface area contributed by atoms with Crippen LogP contribution in [0.3, 0.4) is 0 Å². The fraction of sp³-hybridized carbons (Fsp3) is 0.263. The van der Waals surface area contributed by atoms with Crippen LogP contribution < -0.4 is 15.4 Å². The largest absolute Gasteiger partial charge is 0.431 e. The van der Waals surface area contributed by atoms with Crippen LogP contribution in [0.25, 0.3) is 0 Å². The Bertz CT molecular complexity index is 863. The number of amides is 2. The van der Waals surface area contributed by atoms with Gasteiger partial charge in [0.1, 0.15) is 0 Å². The Morgan fingerprint density at radius 2 is 1.86 bits per heavy atom. The van der Waals surface area contributed by atoms with Crippen molar-refractivity contribution in [2.24, 2.45) is 0 Å². The Labute approximate surface area is 174 Å². The standard InChI is InChI=1S/C19H18BrClF2N2O3/c1-10-3-5-12(6-4-10)15(24-11(2)26)9-17(27)25-16-8-13(21)7-14(20)18(16)28-19(22)23/h3-8,15,19H,9H2,1-2H3,(H,24,26)(H,25,27)/t15-/m0/s1. The summed E-state index contributed by atoms with van der Waals surface area (Å²) < 4.78 is 30.0. The fourth-order valence-electron chi connectivity index (χ4n) is 2.55. The SMILES string of the molecule is CC(=O)N[C@@H](CC(=O)Nc1cc(Cl)cc(Br)c1OC(F)F)c1ccc(C)cc1. The third kappa shape index (κ3) is 6.45. The van der Waals surface area contributed by atoms with Gasteiger partial charge in [0.2, 0.25) is 11.8 Å². The monoisotopic (exact) mass is 474 g/mol. The van der Waals surface area contributed by atoms with E-state index >= 15 is 0 Å². The van der Waals surface area contributed by atoms with Crippen molar-refractivity contribution >= 4 is 45.0 Å². The van der Waals surface area contributed by atoms with Gasteiger partial charge >= 0.3 is 6.61 Å². The second-order valence-corrected chi connectivity index (χ2v) is 7.35. The number of benzene rings is 2. The van der Waals surface area contributed by atoms with E-state index in [1.807, 2.05) is 31.2 Å². The van der Waals surface area contributed by atoms with E-state index < -0.39 is 18.6 Å². The quantitative estimate of drug-likeness (QED) is 0.577. The minimum Gasteiger partial charge on any atom is -0.431 e. The lowest BCUT2D eigenvalue weighted by Gasteiger charge is -2.19. The molecule has 2 N–H and O–H groups in total. The molecule has 2 amide bonds. The molecule has 0 fully saturated rings. The Hall–Kier alpha value is -2.19. The molecule has 0 saturated carbocycles. The molecular weight excluding hydrogens is 458 g/mol. The molecule has 0 spiro atoms. The number of alkyl halides is 2. The third-order valence-electron chi connectivity index (χ3n) is 3.74. The first-order valence-electron chi connectivity index (χ1n) is 8.23. The summed E-state index contributed by atoms with van der Waals surface area (Å²) in [4.78, 5) is 24.1. The van der Waals surface area contributed by atoms with Crippen LogP contribution in [-0.2, 0) is 9.59 Å². The Balaban J connectivity index is 2.23. The molecule has 0 aliphatic heterocycles. The number of anilines is 1. The molecule has 0 aromatic heterocycles. The third-order valence-corrected chi connectivity index (χ3v) is 4.54. The van der Waals surface area contributed by atoms with E-state index in [1.165, 1.54) is 19.1 Å². The van der Waals surface area contributed by atoms with Gasteiger partial charge < -0.3 is 15.4 Å². The van der Waals surface area contributed by atoms with Crippen LogP contribution in [0.4, 0.5) is 14.5 Å². The van der Waals surface area contributed by atoms with Crippen LogP contribution in [0, 0.1) is 6.92 Å². The Morgan fingerprint density at radius 3 is 2.43 bits per heavy atom. The normalized spacial score (nSPS) is 11.8. The van der Waals surface area contributed by atoms with Crippen LogP contribution in [0.15, 0.2) is 40.9 Å². The Kier molecular flexibility index (Phi) is 7.77. The molecule has 2 aromatic rings.